The fraction of sp³-hybridized carbons (Fsp3) is 0.412. The zero-order valence-electron chi connectivity index (χ0n) is 12.2. The summed E-state index contributed by atoms with van der Waals surface area (Å²) in [6, 6.07) is 10.3. The molecule has 0 radical (unpaired) electrons. The molecule has 0 N–H and O–H groups in total. The van der Waals surface area contributed by atoms with Crippen LogP contribution in [0, 0.1) is 18.3 Å². The molecule has 0 bridgehead atoms. The molecule has 0 saturated heterocycles. The Morgan fingerprint density at radius 1 is 1.33 bits per heavy atom. The van der Waals surface area contributed by atoms with Crippen molar-refractivity contribution in [2.24, 2.45) is 0 Å². The van der Waals surface area contributed by atoms with E-state index in [0.29, 0.717) is 18.2 Å². The lowest BCUT2D eigenvalue weighted by Gasteiger charge is -2.09. The maximum absolute atomic E-state index is 8.92. The quantitative estimate of drug-likeness (QED) is 0.857. The van der Waals surface area contributed by atoms with Crippen LogP contribution in [0.1, 0.15) is 48.5 Å². The molecule has 4 nitrogen and oxygen atoms in total. The lowest BCUT2D eigenvalue weighted by atomic mass is 10.1. The molecule has 4 heteroatoms. The first-order valence-corrected chi connectivity index (χ1v) is 7.44. The third-order valence-corrected chi connectivity index (χ3v) is 4.07. The molecule has 108 valence electrons. The molecule has 1 fully saturated rings. The van der Waals surface area contributed by atoms with E-state index in [1.807, 2.05) is 25.1 Å². The minimum absolute atomic E-state index is 0.463. The average Bonchev–Trinajstić information content (AvgIpc) is 3.16. The Kier molecular flexibility index (Phi) is 3.92. The summed E-state index contributed by atoms with van der Waals surface area (Å²) in [5.74, 6) is 0.780. The van der Waals surface area contributed by atoms with Crippen molar-refractivity contribution in [1.29, 1.82) is 5.26 Å². The largest absolute Gasteiger partial charge is 0.487 e. The first-order chi connectivity index (χ1) is 10.3. The molecule has 0 unspecified atom stereocenters. The van der Waals surface area contributed by atoms with Gasteiger partial charge in [-0.05, 0) is 49.6 Å². The Bertz CT molecular complexity index is 663. The molecule has 0 aliphatic heterocycles. The summed E-state index contributed by atoms with van der Waals surface area (Å²) in [6.45, 7) is 2.38. The van der Waals surface area contributed by atoms with Gasteiger partial charge >= 0.3 is 0 Å². The van der Waals surface area contributed by atoms with Crippen molar-refractivity contribution < 1.29 is 4.74 Å². The number of ether oxygens (including phenoxy) is 1. The fourth-order valence-electron chi connectivity index (χ4n) is 2.84. The van der Waals surface area contributed by atoms with E-state index in [4.69, 9.17) is 10.00 Å². The van der Waals surface area contributed by atoms with E-state index in [1.165, 1.54) is 25.7 Å². The van der Waals surface area contributed by atoms with Gasteiger partial charge in [-0.15, -0.1) is 0 Å². The van der Waals surface area contributed by atoms with Gasteiger partial charge in [0.2, 0.25) is 0 Å². The van der Waals surface area contributed by atoms with Crippen LogP contribution in [0.25, 0.3) is 0 Å². The highest BCUT2D eigenvalue weighted by Gasteiger charge is 2.17. The number of rotatable bonds is 4. The third-order valence-electron chi connectivity index (χ3n) is 4.07. The van der Waals surface area contributed by atoms with E-state index >= 15 is 0 Å². The van der Waals surface area contributed by atoms with Gasteiger partial charge in [0.05, 0.1) is 23.4 Å². The number of nitrogens with zero attached hydrogens (tertiary/aromatic N) is 3. The first-order valence-electron chi connectivity index (χ1n) is 7.44. The van der Waals surface area contributed by atoms with Crippen LogP contribution < -0.4 is 4.74 Å². The summed E-state index contributed by atoms with van der Waals surface area (Å²) in [5, 5.41) is 13.5. The molecule has 1 aromatic carbocycles. The summed E-state index contributed by atoms with van der Waals surface area (Å²) < 4.78 is 7.84. The monoisotopic (exact) mass is 281 g/mol. The standard InChI is InChI=1S/C17H19N3O/c1-13-10-17(7-6-14(13)11-18)21-12-15-8-9-20(19-15)16-4-2-3-5-16/h6-10,16H,2-5,12H2,1H3. The second-order valence-electron chi connectivity index (χ2n) is 5.60. The van der Waals surface area contributed by atoms with Gasteiger partial charge in [-0.25, -0.2) is 0 Å². The van der Waals surface area contributed by atoms with E-state index in [-0.39, 0.29) is 0 Å². The second kappa shape index (κ2) is 6.01. The van der Waals surface area contributed by atoms with Gasteiger partial charge in [0, 0.05) is 6.20 Å². The van der Waals surface area contributed by atoms with E-state index in [0.717, 1.165) is 17.0 Å². The zero-order chi connectivity index (χ0) is 14.7. The van der Waals surface area contributed by atoms with E-state index in [1.54, 1.807) is 6.07 Å². The van der Waals surface area contributed by atoms with Crippen molar-refractivity contribution in [3.63, 3.8) is 0 Å². The molecular weight excluding hydrogens is 262 g/mol. The Morgan fingerprint density at radius 3 is 2.86 bits per heavy atom. The first kappa shape index (κ1) is 13.7. The van der Waals surface area contributed by atoms with Crippen molar-refractivity contribution in [2.75, 3.05) is 0 Å². The van der Waals surface area contributed by atoms with Crippen LogP contribution in [0.15, 0.2) is 30.5 Å². The topological polar surface area (TPSA) is 50.8 Å². The van der Waals surface area contributed by atoms with Gasteiger partial charge in [-0.1, -0.05) is 12.8 Å². The summed E-state index contributed by atoms with van der Waals surface area (Å²) in [7, 11) is 0. The number of nitriles is 1. The van der Waals surface area contributed by atoms with Gasteiger partial charge in [-0.2, -0.15) is 10.4 Å². The Morgan fingerprint density at radius 2 is 2.14 bits per heavy atom. The molecule has 1 aliphatic carbocycles. The maximum Gasteiger partial charge on any atom is 0.132 e. The van der Waals surface area contributed by atoms with Gasteiger partial charge in [0.25, 0.3) is 0 Å². The molecule has 0 atom stereocenters. The Balaban J connectivity index is 1.62. The van der Waals surface area contributed by atoms with Crippen LogP contribution in [0.2, 0.25) is 0 Å². The molecule has 0 spiro atoms. The highest BCUT2D eigenvalue weighted by molar-refractivity contribution is 5.41. The highest BCUT2D eigenvalue weighted by Crippen LogP contribution is 2.28. The van der Waals surface area contributed by atoms with Crippen molar-refractivity contribution in [2.45, 2.75) is 45.3 Å². The molecule has 2 aromatic rings. The smallest absolute Gasteiger partial charge is 0.132 e. The number of benzene rings is 1. The number of aromatic nitrogens is 2. The lowest BCUT2D eigenvalue weighted by molar-refractivity contribution is 0.297. The van der Waals surface area contributed by atoms with Gasteiger partial charge in [0.1, 0.15) is 12.4 Å². The van der Waals surface area contributed by atoms with E-state index < -0.39 is 0 Å². The van der Waals surface area contributed by atoms with Crippen LogP contribution >= 0.6 is 0 Å². The van der Waals surface area contributed by atoms with Gasteiger partial charge in [0.15, 0.2) is 0 Å². The molecule has 1 aromatic heterocycles. The maximum atomic E-state index is 8.92. The number of hydrogen-bond acceptors (Lipinski definition) is 3. The van der Waals surface area contributed by atoms with Crippen LogP contribution in [-0.4, -0.2) is 9.78 Å². The predicted molar refractivity (Wildman–Crippen MR) is 80.0 cm³/mol. The molecule has 1 saturated carbocycles. The summed E-state index contributed by atoms with van der Waals surface area (Å²) in [5.41, 5.74) is 2.57. The van der Waals surface area contributed by atoms with E-state index in [2.05, 4.69) is 22.0 Å². The number of hydrogen-bond donors (Lipinski definition) is 0. The van der Waals surface area contributed by atoms with Crippen molar-refractivity contribution in [3.8, 4) is 11.8 Å². The third kappa shape index (κ3) is 3.08. The molecule has 1 aliphatic rings. The van der Waals surface area contributed by atoms with Crippen molar-refractivity contribution in [3.05, 3.63) is 47.3 Å². The van der Waals surface area contributed by atoms with Crippen molar-refractivity contribution >= 4 is 0 Å². The number of aryl methyl sites for hydroxylation is 1. The summed E-state index contributed by atoms with van der Waals surface area (Å²) >= 11 is 0. The molecule has 3 rings (SSSR count). The predicted octanol–water partition coefficient (Wildman–Crippen LogP) is 3.76. The fourth-order valence-corrected chi connectivity index (χ4v) is 2.84. The van der Waals surface area contributed by atoms with Crippen LogP contribution in [0.3, 0.4) is 0 Å². The molecular formula is C17H19N3O. The molecule has 1 heterocycles. The van der Waals surface area contributed by atoms with Crippen LogP contribution in [-0.2, 0) is 6.61 Å². The van der Waals surface area contributed by atoms with Crippen molar-refractivity contribution in [1.82, 2.24) is 9.78 Å². The normalized spacial score (nSPS) is 15.0. The summed E-state index contributed by atoms with van der Waals surface area (Å²) in [6.07, 6.45) is 7.13. The van der Waals surface area contributed by atoms with Crippen LogP contribution in [0.5, 0.6) is 5.75 Å². The Hall–Kier alpha value is -2.28. The summed E-state index contributed by atoms with van der Waals surface area (Å²) in [4.78, 5) is 0. The molecule has 0 amide bonds. The van der Waals surface area contributed by atoms with Gasteiger partial charge in [-0.3, -0.25) is 4.68 Å². The lowest BCUT2D eigenvalue weighted by Crippen LogP contribution is -2.06. The average molecular weight is 281 g/mol. The Labute approximate surface area is 125 Å². The molecule has 21 heavy (non-hydrogen) atoms. The SMILES string of the molecule is Cc1cc(OCc2ccn(C3CCCC3)n2)ccc1C#N. The zero-order valence-corrected chi connectivity index (χ0v) is 12.2. The highest BCUT2D eigenvalue weighted by atomic mass is 16.5. The minimum Gasteiger partial charge on any atom is -0.487 e. The van der Waals surface area contributed by atoms with Gasteiger partial charge < -0.3 is 4.74 Å². The van der Waals surface area contributed by atoms with Crippen LogP contribution in [0.4, 0.5) is 0 Å². The second-order valence-corrected chi connectivity index (χ2v) is 5.60. The van der Waals surface area contributed by atoms with E-state index in [9.17, 15) is 0 Å². The minimum atomic E-state index is 0.463.